The minimum Gasteiger partial charge on any atom is -0.462 e. The lowest BCUT2D eigenvalue weighted by Crippen LogP contribution is -2.30. The van der Waals surface area contributed by atoms with Gasteiger partial charge in [-0.15, -0.1) is 0 Å². The van der Waals surface area contributed by atoms with E-state index in [2.05, 4.69) is 69.4 Å². The summed E-state index contributed by atoms with van der Waals surface area (Å²) < 4.78 is 17.0. The molecule has 0 spiro atoms. The van der Waals surface area contributed by atoms with Crippen molar-refractivity contribution < 1.29 is 28.6 Å². The molecule has 0 radical (unpaired) electrons. The molecule has 0 aliphatic heterocycles. The molecule has 0 saturated heterocycles. The van der Waals surface area contributed by atoms with Gasteiger partial charge >= 0.3 is 17.9 Å². The largest absolute Gasteiger partial charge is 0.462 e. The van der Waals surface area contributed by atoms with Crippen LogP contribution in [-0.4, -0.2) is 37.2 Å². The first kappa shape index (κ1) is 78.4. The van der Waals surface area contributed by atoms with Crippen LogP contribution in [0.25, 0.3) is 0 Å². The first-order valence-electron chi connectivity index (χ1n) is 36.1. The number of unbranched alkanes of at least 4 members (excludes halogenated alkanes) is 48. The molecule has 0 aromatic heterocycles. The maximum Gasteiger partial charge on any atom is 0.306 e. The second kappa shape index (κ2) is 69.9. The van der Waals surface area contributed by atoms with Crippen LogP contribution in [0.5, 0.6) is 0 Å². The molecule has 0 saturated carbocycles. The minimum absolute atomic E-state index is 0.0736. The molecule has 474 valence electrons. The monoisotopic (exact) mass is 1140 g/mol. The zero-order valence-corrected chi connectivity index (χ0v) is 54.6. The minimum atomic E-state index is -0.779. The fourth-order valence-electron chi connectivity index (χ4n) is 10.9. The van der Waals surface area contributed by atoms with Crippen molar-refractivity contribution in [3.05, 3.63) is 48.6 Å². The summed E-state index contributed by atoms with van der Waals surface area (Å²) in [6.45, 7) is 6.68. The van der Waals surface area contributed by atoms with Gasteiger partial charge in [-0.05, 0) is 83.5 Å². The summed E-state index contributed by atoms with van der Waals surface area (Å²) in [5.74, 6) is -0.860. The summed E-state index contributed by atoms with van der Waals surface area (Å²) in [5, 5.41) is 0. The summed E-state index contributed by atoms with van der Waals surface area (Å²) in [4.78, 5) is 38.5. The summed E-state index contributed by atoms with van der Waals surface area (Å²) in [6, 6.07) is 0. The zero-order valence-electron chi connectivity index (χ0n) is 54.6. The van der Waals surface area contributed by atoms with E-state index >= 15 is 0 Å². The number of allylic oxidation sites excluding steroid dienone is 8. The standard InChI is InChI=1S/C75H138O6/c1-4-7-10-13-16-19-22-25-28-31-33-35-37-38-39-41-42-44-47-50-53-56-59-62-65-68-74(77)80-71-72(70-79-73(76)67-64-61-58-55-52-49-46-30-27-24-21-18-15-12-9-6-3)81-75(78)69-66-63-60-57-54-51-48-45-43-40-36-34-32-29-26-23-20-17-14-11-8-5-2/h21-22,24-25,30-31,33,46,72H,4-20,23,26-29,32,34-45,47-71H2,1-3H3/b24-21-,25-22-,33-31-,46-30-. The fraction of sp³-hybridized carbons (Fsp3) is 0.853. The van der Waals surface area contributed by atoms with E-state index in [-0.39, 0.29) is 31.1 Å². The lowest BCUT2D eigenvalue weighted by molar-refractivity contribution is -0.167. The van der Waals surface area contributed by atoms with Gasteiger partial charge in [0.2, 0.25) is 0 Å². The van der Waals surface area contributed by atoms with Crippen molar-refractivity contribution in [1.82, 2.24) is 0 Å². The van der Waals surface area contributed by atoms with Crippen LogP contribution in [0.2, 0.25) is 0 Å². The lowest BCUT2D eigenvalue weighted by Gasteiger charge is -2.18. The molecule has 0 amide bonds. The van der Waals surface area contributed by atoms with Gasteiger partial charge in [0.25, 0.3) is 0 Å². The number of esters is 3. The zero-order chi connectivity index (χ0) is 58.5. The first-order chi connectivity index (χ1) is 40.0. The number of rotatable bonds is 67. The lowest BCUT2D eigenvalue weighted by atomic mass is 10.0. The van der Waals surface area contributed by atoms with Crippen LogP contribution in [0.4, 0.5) is 0 Å². The Labute approximate surface area is 505 Å². The molecule has 0 heterocycles. The maximum atomic E-state index is 13.0. The van der Waals surface area contributed by atoms with Crippen molar-refractivity contribution in [2.45, 2.75) is 399 Å². The second-order valence-corrected chi connectivity index (χ2v) is 24.5. The first-order valence-corrected chi connectivity index (χ1v) is 36.1. The summed E-state index contributed by atoms with van der Waals surface area (Å²) >= 11 is 0. The van der Waals surface area contributed by atoms with Crippen LogP contribution in [0.3, 0.4) is 0 Å². The molecule has 0 fully saturated rings. The molecule has 6 nitrogen and oxygen atoms in total. The third-order valence-corrected chi connectivity index (χ3v) is 16.3. The Hall–Kier alpha value is -2.63. The highest BCUT2D eigenvalue weighted by Crippen LogP contribution is 2.18. The highest BCUT2D eigenvalue weighted by Gasteiger charge is 2.19. The molecule has 81 heavy (non-hydrogen) atoms. The van der Waals surface area contributed by atoms with Gasteiger partial charge in [-0.25, -0.2) is 0 Å². The van der Waals surface area contributed by atoms with Gasteiger partial charge in [-0.2, -0.15) is 0 Å². The molecule has 0 aliphatic rings. The summed E-state index contributed by atoms with van der Waals surface area (Å²) in [6.07, 6.45) is 88.5. The Kier molecular flexibility index (Phi) is 67.6. The molecule has 0 bridgehead atoms. The Morgan fingerprint density at radius 2 is 0.444 bits per heavy atom. The Morgan fingerprint density at radius 3 is 0.691 bits per heavy atom. The van der Waals surface area contributed by atoms with E-state index in [9.17, 15) is 14.4 Å². The molecule has 0 aliphatic carbocycles. The van der Waals surface area contributed by atoms with Crippen LogP contribution in [0.15, 0.2) is 48.6 Å². The second-order valence-electron chi connectivity index (χ2n) is 24.5. The Balaban J connectivity index is 4.29. The third-order valence-electron chi connectivity index (χ3n) is 16.3. The van der Waals surface area contributed by atoms with Gasteiger partial charge in [0.1, 0.15) is 13.2 Å². The highest BCUT2D eigenvalue weighted by molar-refractivity contribution is 5.71. The summed E-state index contributed by atoms with van der Waals surface area (Å²) in [5.41, 5.74) is 0. The van der Waals surface area contributed by atoms with E-state index < -0.39 is 6.10 Å². The number of carbonyl (C=O) groups is 3. The van der Waals surface area contributed by atoms with Crippen molar-refractivity contribution in [2.75, 3.05) is 13.2 Å². The molecule has 1 atom stereocenters. The van der Waals surface area contributed by atoms with Crippen LogP contribution in [0.1, 0.15) is 393 Å². The van der Waals surface area contributed by atoms with Crippen LogP contribution in [0, 0.1) is 0 Å². The van der Waals surface area contributed by atoms with Gasteiger partial charge in [0.15, 0.2) is 6.10 Å². The Bertz CT molecular complexity index is 1400. The predicted octanol–water partition coefficient (Wildman–Crippen LogP) is 24.9. The number of carbonyl (C=O) groups excluding carboxylic acids is 3. The summed E-state index contributed by atoms with van der Waals surface area (Å²) in [7, 11) is 0. The van der Waals surface area contributed by atoms with Crippen molar-refractivity contribution in [2.24, 2.45) is 0 Å². The van der Waals surface area contributed by atoms with E-state index in [0.29, 0.717) is 19.3 Å². The average molecular weight is 1140 g/mol. The van der Waals surface area contributed by atoms with Gasteiger partial charge < -0.3 is 14.2 Å². The van der Waals surface area contributed by atoms with Crippen molar-refractivity contribution >= 4 is 17.9 Å². The Morgan fingerprint density at radius 1 is 0.247 bits per heavy atom. The normalized spacial score (nSPS) is 12.3. The average Bonchev–Trinajstić information content (AvgIpc) is 3.47. The van der Waals surface area contributed by atoms with Gasteiger partial charge in [-0.1, -0.05) is 339 Å². The topological polar surface area (TPSA) is 78.9 Å². The van der Waals surface area contributed by atoms with Crippen molar-refractivity contribution in [3.8, 4) is 0 Å². The molecule has 1 unspecified atom stereocenters. The molecule has 0 aromatic rings. The number of hydrogen-bond acceptors (Lipinski definition) is 6. The van der Waals surface area contributed by atoms with E-state index in [1.54, 1.807) is 0 Å². The quantitative estimate of drug-likeness (QED) is 0.0261. The smallest absolute Gasteiger partial charge is 0.306 e. The van der Waals surface area contributed by atoms with Crippen LogP contribution in [-0.2, 0) is 28.6 Å². The maximum absolute atomic E-state index is 13.0. The van der Waals surface area contributed by atoms with Gasteiger partial charge in [0, 0.05) is 19.3 Å². The fourth-order valence-corrected chi connectivity index (χ4v) is 10.9. The van der Waals surface area contributed by atoms with Crippen molar-refractivity contribution in [1.29, 1.82) is 0 Å². The molecular formula is C75H138O6. The molecule has 0 aromatic carbocycles. The molecule has 0 N–H and O–H groups in total. The van der Waals surface area contributed by atoms with Crippen LogP contribution >= 0.6 is 0 Å². The van der Waals surface area contributed by atoms with E-state index in [0.717, 1.165) is 83.5 Å². The van der Waals surface area contributed by atoms with Gasteiger partial charge in [0.05, 0.1) is 0 Å². The molecular weight excluding hydrogens is 997 g/mol. The van der Waals surface area contributed by atoms with E-state index in [1.165, 1.54) is 270 Å². The third kappa shape index (κ3) is 68.0. The molecule has 6 heteroatoms. The molecule has 0 rings (SSSR count). The highest BCUT2D eigenvalue weighted by atomic mass is 16.6. The van der Waals surface area contributed by atoms with E-state index in [4.69, 9.17) is 14.2 Å². The predicted molar refractivity (Wildman–Crippen MR) is 353 cm³/mol. The van der Waals surface area contributed by atoms with Gasteiger partial charge in [-0.3, -0.25) is 14.4 Å². The number of ether oxygens (including phenoxy) is 3. The van der Waals surface area contributed by atoms with Crippen molar-refractivity contribution in [3.63, 3.8) is 0 Å². The number of hydrogen-bond donors (Lipinski definition) is 0. The SMILES string of the molecule is CCCCCC/C=C\C/C=C\CCCCCCCC(=O)OCC(COC(=O)CCCCCCCCCCCCCCC/C=C\C/C=C\CCCCCCC)OC(=O)CCCCCCCCCCCCCCCCCCCCCCCC. The van der Waals surface area contributed by atoms with Crippen LogP contribution < -0.4 is 0 Å². The van der Waals surface area contributed by atoms with E-state index in [1.807, 2.05) is 0 Å².